The van der Waals surface area contributed by atoms with E-state index in [4.69, 9.17) is 5.73 Å². The fourth-order valence-corrected chi connectivity index (χ4v) is 1.33. The van der Waals surface area contributed by atoms with E-state index in [1.165, 1.54) is 11.1 Å². The lowest BCUT2D eigenvalue weighted by atomic mass is 10.0. The van der Waals surface area contributed by atoms with Crippen molar-refractivity contribution in [3.05, 3.63) is 29.1 Å². The Labute approximate surface area is 73.8 Å². The van der Waals surface area contributed by atoms with Gasteiger partial charge in [0.25, 0.3) is 0 Å². The van der Waals surface area contributed by atoms with Gasteiger partial charge in [-0.3, -0.25) is 4.98 Å². The number of aryl methyl sites for hydroxylation is 2. The molecule has 66 valence electrons. The Hall–Kier alpha value is -0.890. The maximum Gasteiger partial charge on any atom is 0.0375 e. The number of nitrogens with two attached hydrogens (primary N) is 1. The summed E-state index contributed by atoms with van der Waals surface area (Å²) in [5.74, 6) is 0. The van der Waals surface area contributed by atoms with Crippen LogP contribution in [0.25, 0.3) is 0 Å². The van der Waals surface area contributed by atoms with Gasteiger partial charge in [0, 0.05) is 18.4 Å². The molecule has 2 nitrogen and oxygen atoms in total. The molecule has 0 unspecified atom stereocenters. The van der Waals surface area contributed by atoms with Gasteiger partial charge in [-0.15, -0.1) is 0 Å². The van der Waals surface area contributed by atoms with Crippen LogP contribution in [0.4, 0.5) is 0 Å². The normalized spacial score (nSPS) is 10.2. The SMILES string of the molecule is CCCc1cc(C)ncc1CN. The largest absolute Gasteiger partial charge is 0.326 e. The lowest BCUT2D eigenvalue weighted by Crippen LogP contribution is -2.03. The van der Waals surface area contributed by atoms with Crippen LogP contribution in [-0.2, 0) is 13.0 Å². The summed E-state index contributed by atoms with van der Waals surface area (Å²) in [5, 5.41) is 0. The molecule has 0 saturated heterocycles. The number of pyridine rings is 1. The third-order valence-corrected chi connectivity index (χ3v) is 1.96. The number of rotatable bonds is 3. The van der Waals surface area contributed by atoms with Crippen molar-refractivity contribution in [3.63, 3.8) is 0 Å². The third kappa shape index (κ3) is 2.05. The van der Waals surface area contributed by atoms with Gasteiger partial charge in [-0.05, 0) is 30.5 Å². The number of hydrogen-bond donors (Lipinski definition) is 1. The molecular formula is C10H16N2. The fourth-order valence-electron chi connectivity index (χ4n) is 1.33. The number of hydrogen-bond acceptors (Lipinski definition) is 2. The Morgan fingerprint density at radius 3 is 2.75 bits per heavy atom. The van der Waals surface area contributed by atoms with Crippen LogP contribution in [0.1, 0.15) is 30.2 Å². The predicted octanol–water partition coefficient (Wildman–Crippen LogP) is 1.80. The molecular weight excluding hydrogens is 148 g/mol. The van der Waals surface area contributed by atoms with E-state index < -0.39 is 0 Å². The van der Waals surface area contributed by atoms with Crippen molar-refractivity contribution in [1.29, 1.82) is 0 Å². The fraction of sp³-hybridized carbons (Fsp3) is 0.500. The monoisotopic (exact) mass is 164 g/mol. The summed E-state index contributed by atoms with van der Waals surface area (Å²) in [5.41, 5.74) is 9.21. The van der Waals surface area contributed by atoms with E-state index in [1.54, 1.807) is 0 Å². The first-order valence-corrected chi connectivity index (χ1v) is 4.42. The van der Waals surface area contributed by atoms with Crippen LogP contribution in [0, 0.1) is 6.92 Å². The van der Waals surface area contributed by atoms with Gasteiger partial charge in [-0.25, -0.2) is 0 Å². The lowest BCUT2D eigenvalue weighted by molar-refractivity contribution is 0.880. The second-order valence-electron chi connectivity index (χ2n) is 3.05. The minimum Gasteiger partial charge on any atom is -0.326 e. The van der Waals surface area contributed by atoms with Crippen molar-refractivity contribution in [2.45, 2.75) is 33.2 Å². The second-order valence-corrected chi connectivity index (χ2v) is 3.05. The third-order valence-electron chi connectivity index (χ3n) is 1.96. The summed E-state index contributed by atoms with van der Waals surface area (Å²) in [4.78, 5) is 4.21. The lowest BCUT2D eigenvalue weighted by Gasteiger charge is -2.06. The van der Waals surface area contributed by atoms with Gasteiger partial charge in [0.2, 0.25) is 0 Å². The first kappa shape index (κ1) is 9.20. The van der Waals surface area contributed by atoms with Crippen molar-refractivity contribution >= 4 is 0 Å². The Kier molecular flexibility index (Phi) is 3.23. The molecule has 1 aromatic rings. The molecule has 2 heteroatoms. The standard InChI is InChI=1S/C10H16N2/c1-3-4-9-5-8(2)12-7-10(9)6-11/h5,7H,3-4,6,11H2,1-2H3. The summed E-state index contributed by atoms with van der Waals surface area (Å²) in [7, 11) is 0. The van der Waals surface area contributed by atoms with E-state index in [2.05, 4.69) is 18.0 Å². The maximum absolute atomic E-state index is 5.59. The molecule has 0 aliphatic rings. The van der Waals surface area contributed by atoms with Gasteiger partial charge in [-0.2, -0.15) is 0 Å². The zero-order valence-electron chi connectivity index (χ0n) is 7.80. The number of nitrogens with zero attached hydrogens (tertiary/aromatic N) is 1. The Morgan fingerprint density at radius 2 is 2.17 bits per heavy atom. The van der Waals surface area contributed by atoms with Crippen molar-refractivity contribution in [1.82, 2.24) is 4.98 Å². The van der Waals surface area contributed by atoms with Crippen molar-refractivity contribution < 1.29 is 0 Å². The first-order chi connectivity index (χ1) is 5.77. The second kappa shape index (κ2) is 4.21. The molecule has 0 radical (unpaired) electrons. The van der Waals surface area contributed by atoms with Gasteiger partial charge in [-0.1, -0.05) is 13.3 Å². The van der Waals surface area contributed by atoms with Gasteiger partial charge >= 0.3 is 0 Å². The summed E-state index contributed by atoms with van der Waals surface area (Å²) >= 11 is 0. The zero-order valence-corrected chi connectivity index (χ0v) is 7.80. The van der Waals surface area contributed by atoms with Crippen LogP contribution in [-0.4, -0.2) is 4.98 Å². The van der Waals surface area contributed by atoms with E-state index in [0.29, 0.717) is 6.54 Å². The van der Waals surface area contributed by atoms with Crippen LogP contribution in [0.5, 0.6) is 0 Å². The van der Waals surface area contributed by atoms with Crippen molar-refractivity contribution in [2.24, 2.45) is 5.73 Å². The molecule has 2 N–H and O–H groups in total. The molecule has 0 saturated carbocycles. The average Bonchev–Trinajstić information content (AvgIpc) is 2.05. The van der Waals surface area contributed by atoms with Crippen LogP contribution in [0.15, 0.2) is 12.3 Å². The van der Waals surface area contributed by atoms with Gasteiger partial charge < -0.3 is 5.73 Å². The molecule has 0 aliphatic heterocycles. The van der Waals surface area contributed by atoms with Crippen LogP contribution < -0.4 is 5.73 Å². The molecule has 0 atom stereocenters. The molecule has 0 bridgehead atoms. The average molecular weight is 164 g/mol. The van der Waals surface area contributed by atoms with E-state index in [1.807, 2.05) is 13.1 Å². The van der Waals surface area contributed by atoms with Crippen LogP contribution in [0.2, 0.25) is 0 Å². The first-order valence-electron chi connectivity index (χ1n) is 4.42. The van der Waals surface area contributed by atoms with Gasteiger partial charge in [0.05, 0.1) is 0 Å². The molecule has 1 rings (SSSR count). The molecule has 0 aliphatic carbocycles. The molecule has 1 heterocycles. The molecule has 0 amide bonds. The maximum atomic E-state index is 5.59. The molecule has 0 aromatic carbocycles. The van der Waals surface area contributed by atoms with Crippen LogP contribution in [0.3, 0.4) is 0 Å². The summed E-state index contributed by atoms with van der Waals surface area (Å²) in [6.45, 7) is 4.79. The van der Waals surface area contributed by atoms with E-state index in [0.717, 1.165) is 18.5 Å². The zero-order chi connectivity index (χ0) is 8.97. The van der Waals surface area contributed by atoms with Gasteiger partial charge in [0.1, 0.15) is 0 Å². The number of aromatic nitrogens is 1. The van der Waals surface area contributed by atoms with Crippen LogP contribution >= 0.6 is 0 Å². The summed E-state index contributed by atoms with van der Waals surface area (Å²) in [6.07, 6.45) is 4.16. The van der Waals surface area contributed by atoms with Gasteiger partial charge in [0.15, 0.2) is 0 Å². The smallest absolute Gasteiger partial charge is 0.0375 e. The Balaban J connectivity index is 2.95. The van der Waals surface area contributed by atoms with E-state index in [-0.39, 0.29) is 0 Å². The van der Waals surface area contributed by atoms with E-state index >= 15 is 0 Å². The highest BCUT2D eigenvalue weighted by atomic mass is 14.7. The minimum absolute atomic E-state index is 0.600. The quantitative estimate of drug-likeness (QED) is 0.739. The summed E-state index contributed by atoms with van der Waals surface area (Å²) in [6, 6.07) is 2.13. The molecule has 12 heavy (non-hydrogen) atoms. The predicted molar refractivity (Wildman–Crippen MR) is 50.9 cm³/mol. The highest BCUT2D eigenvalue weighted by Crippen LogP contribution is 2.10. The highest BCUT2D eigenvalue weighted by molar-refractivity contribution is 5.26. The molecule has 0 fully saturated rings. The molecule has 0 spiro atoms. The Morgan fingerprint density at radius 1 is 1.42 bits per heavy atom. The topological polar surface area (TPSA) is 38.9 Å². The summed E-state index contributed by atoms with van der Waals surface area (Å²) < 4.78 is 0. The Bertz CT molecular complexity index is 256. The van der Waals surface area contributed by atoms with Crippen molar-refractivity contribution in [2.75, 3.05) is 0 Å². The minimum atomic E-state index is 0.600. The molecule has 1 aromatic heterocycles. The highest BCUT2D eigenvalue weighted by Gasteiger charge is 2.00. The van der Waals surface area contributed by atoms with E-state index in [9.17, 15) is 0 Å². The van der Waals surface area contributed by atoms with Crippen molar-refractivity contribution in [3.8, 4) is 0 Å².